The minimum Gasteiger partial charge on any atom is -0.492 e. The lowest BCUT2D eigenvalue weighted by molar-refractivity contribution is 0.170. The Morgan fingerprint density at radius 3 is 3.07 bits per heavy atom. The number of aromatic nitrogens is 2. The maximum Gasteiger partial charge on any atom is 0.231 e. The Morgan fingerprint density at radius 2 is 2.33 bits per heavy atom. The van der Waals surface area contributed by atoms with E-state index in [9.17, 15) is 5.21 Å². The maximum absolute atomic E-state index is 9.56. The molecule has 4 rings (SSSR count). The SMILES string of the molecule is COc1c2c(cc3c1[C@H](C/C(CCn1cccn1)=N\O)N(C)CC3)OCO2. The number of hydrogen-bond donors (Lipinski definition) is 1. The summed E-state index contributed by atoms with van der Waals surface area (Å²) in [4.78, 5) is 2.27. The van der Waals surface area contributed by atoms with Crippen LogP contribution in [-0.2, 0) is 13.0 Å². The fraction of sp³-hybridized carbons (Fsp3) is 0.474. The van der Waals surface area contributed by atoms with Crippen LogP contribution < -0.4 is 14.2 Å². The van der Waals surface area contributed by atoms with Crippen LogP contribution >= 0.6 is 0 Å². The average molecular weight is 372 g/mol. The quantitative estimate of drug-likeness (QED) is 0.477. The van der Waals surface area contributed by atoms with Gasteiger partial charge < -0.3 is 19.4 Å². The second kappa shape index (κ2) is 7.48. The summed E-state index contributed by atoms with van der Waals surface area (Å²) in [5.41, 5.74) is 3.02. The van der Waals surface area contributed by atoms with E-state index in [1.54, 1.807) is 13.3 Å². The first-order valence-corrected chi connectivity index (χ1v) is 9.08. The van der Waals surface area contributed by atoms with E-state index in [1.165, 1.54) is 5.56 Å². The van der Waals surface area contributed by atoms with Crippen LogP contribution in [0.4, 0.5) is 0 Å². The first-order valence-electron chi connectivity index (χ1n) is 9.08. The minimum absolute atomic E-state index is 0.0433. The van der Waals surface area contributed by atoms with Crippen LogP contribution in [0.25, 0.3) is 0 Å². The van der Waals surface area contributed by atoms with Crippen LogP contribution in [0.5, 0.6) is 17.2 Å². The Hall–Kier alpha value is -2.74. The largest absolute Gasteiger partial charge is 0.492 e. The van der Waals surface area contributed by atoms with Crippen molar-refractivity contribution in [3.05, 3.63) is 35.7 Å². The molecule has 0 saturated heterocycles. The van der Waals surface area contributed by atoms with E-state index >= 15 is 0 Å². The molecule has 0 amide bonds. The predicted molar refractivity (Wildman–Crippen MR) is 98.9 cm³/mol. The summed E-state index contributed by atoms with van der Waals surface area (Å²) in [6, 6.07) is 3.98. The van der Waals surface area contributed by atoms with Gasteiger partial charge in [0, 0.05) is 49.9 Å². The van der Waals surface area contributed by atoms with E-state index in [0.717, 1.165) is 35.7 Å². The lowest BCUT2D eigenvalue weighted by atomic mass is 9.88. The van der Waals surface area contributed by atoms with Gasteiger partial charge in [0.05, 0.1) is 12.8 Å². The van der Waals surface area contributed by atoms with Gasteiger partial charge >= 0.3 is 0 Å². The summed E-state index contributed by atoms with van der Waals surface area (Å²) >= 11 is 0. The van der Waals surface area contributed by atoms with Gasteiger partial charge in [-0.2, -0.15) is 5.10 Å². The smallest absolute Gasteiger partial charge is 0.231 e. The van der Waals surface area contributed by atoms with E-state index in [2.05, 4.69) is 28.3 Å². The Bertz CT molecular complexity index is 835. The summed E-state index contributed by atoms with van der Waals surface area (Å²) in [6.45, 7) is 1.80. The molecule has 27 heavy (non-hydrogen) atoms. The first-order chi connectivity index (χ1) is 13.2. The number of ether oxygens (including phenoxy) is 3. The molecular weight excluding hydrogens is 348 g/mol. The molecule has 8 heteroatoms. The zero-order valence-electron chi connectivity index (χ0n) is 15.6. The fourth-order valence-electron chi connectivity index (χ4n) is 3.88. The lowest BCUT2D eigenvalue weighted by Gasteiger charge is -2.36. The molecule has 0 unspecified atom stereocenters. The van der Waals surface area contributed by atoms with Crippen LogP contribution in [0.3, 0.4) is 0 Å². The summed E-state index contributed by atoms with van der Waals surface area (Å²) in [5.74, 6) is 2.13. The Kier molecular flexibility index (Phi) is 4.89. The topological polar surface area (TPSA) is 81.3 Å². The van der Waals surface area contributed by atoms with Crippen molar-refractivity contribution in [3.63, 3.8) is 0 Å². The van der Waals surface area contributed by atoms with Crippen molar-refractivity contribution in [1.82, 2.24) is 14.7 Å². The van der Waals surface area contributed by atoms with Gasteiger partial charge in [-0.05, 0) is 31.2 Å². The Morgan fingerprint density at radius 1 is 1.44 bits per heavy atom. The Balaban J connectivity index is 1.61. The normalized spacial score (nSPS) is 19.2. The number of nitrogens with zero attached hydrogens (tertiary/aromatic N) is 4. The molecule has 3 heterocycles. The van der Waals surface area contributed by atoms with Gasteiger partial charge in [-0.15, -0.1) is 0 Å². The van der Waals surface area contributed by atoms with E-state index in [4.69, 9.17) is 14.2 Å². The first kappa shape index (κ1) is 17.7. The fourth-order valence-corrected chi connectivity index (χ4v) is 3.88. The van der Waals surface area contributed by atoms with Crippen LogP contribution in [0.2, 0.25) is 0 Å². The third-order valence-corrected chi connectivity index (χ3v) is 5.31. The van der Waals surface area contributed by atoms with Gasteiger partial charge in [0.2, 0.25) is 12.5 Å². The van der Waals surface area contributed by atoms with Crippen molar-refractivity contribution in [2.45, 2.75) is 31.8 Å². The highest BCUT2D eigenvalue weighted by Gasteiger charge is 2.34. The molecule has 1 atom stereocenters. The Labute approximate surface area is 157 Å². The molecule has 0 radical (unpaired) electrons. The molecule has 0 fully saturated rings. The molecule has 0 saturated carbocycles. The van der Waals surface area contributed by atoms with Crippen molar-refractivity contribution in [3.8, 4) is 17.2 Å². The standard InChI is InChI=1S/C19H24N4O4/c1-22-8-4-13-10-16-18(27-12-26-16)19(25-2)17(13)15(22)11-14(21-24)5-9-23-7-3-6-20-23/h3,6-7,10,15,24H,4-5,8-9,11-12H2,1-2H3/b21-14-/t15-/m0/s1. The average Bonchev–Trinajstić information content (AvgIpc) is 3.36. The van der Waals surface area contributed by atoms with Gasteiger partial charge in [0.25, 0.3) is 0 Å². The highest BCUT2D eigenvalue weighted by atomic mass is 16.7. The predicted octanol–water partition coefficient (Wildman–Crippen LogP) is 2.46. The minimum atomic E-state index is 0.0433. The molecule has 2 aliphatic rings. The van der Waals surface area contributed by atoms with Gasteiger partial charge in [0.1, 0.15) is 0 Å². The van der Waals surface area contributed by atoms with Crippen molar-refractivity contribution in [2.24, 2.45) is 5.16 Å². The van der Waals surface area contributed by atoms with Crippen LogP contribution in [-0.4, -0.2) is 53.1 Å². The van der Waals surface area contributed by atoms with E-state index in [-0.39, 0.29) is 12.8 Å². The van der Waals surface area contributed by atoms with Gasteiger partial charge in [-0.25, -0.2) is 0 Å². The molecule has 8 nitrogen and oxygen atoms in total. The van der Waals surface area contributed by atoms with Crippen LogP contribution in [0.1, 0.15) is 30.0 Å². The summed E-state index contributed by atoms with van der Waals surface area (Å²) in [5, 5.41) is 17.3. The number of likely N-dealkylation sites (N-methyl/N-ethyl adjacent to an activating group) is 1. The van der Waals surface area contributed by atoms with Crippen molar-refractivity contribution < 1.29 is 19.4 Å². The number of benzene rings is 1. The molecule has 0 aliphatic carbocycles. The number of aryl methyl sites for hydroxylation is 1. The van der Waals surface area contributed by atoms with Crippen molar-refractivity contribution in [2.75, 3.05) is 27.5 Å². The second-order valence-electron chi connectivity index (χ2n) is 6.85. The maximum atomic E-state index is 9.56. The van der Waals surface area contributed by atoms with Gasteiger partial charge in [-0.3, -0.25) is 9.58 Å². The molecule has 1 aromatic heterocycles. The zero-order valence-corrected chi connectivity index (χ0v) is 15.6. The lowest BCUT2D eigenvalue weighted by Crippen LogP contribution is -2.34. The monoisotopic (exact) mass is 372 g/mol. The zero-order chi connectivity index (χ0) is 18.8. The highest BCUT2D eigenvalue weighted by molar-refractivity contribution is 5.85. The molecular formula is C19H24N4O4. The van der Waals surface area contributed by atoms with Crippen molar-refractivity contribution >= 4 is 5.71 Å². The number of methoxy groups -OCH3 is 1. The summed E-state index contributed by atoms with van der Waals surface area (Å²) < 4.78 is 18.8. The third-order valence-electron chi connectivity index (χ3n) is 5.31. The number of hydrogen-bond acceptors (Lipinski definition) is 7. The molecule has 0 spiro atoms. The van der Waals surface area contributed by atoms with E-state index in [0.29, 0.717) is 25.1 Å². The van der Waals surface area contributed by atoms with E-state index in [1.807, 2.05) is 16.9 Å². The molecule has 2 aromatic rings. The third kappa shape index (κ3) is 3.32. The summed E-state index contributed by atoms with van der Waals surface area (Å²) in [6.07, 6.45) is 5.80. The van der Waals surface area contributed by atoms with Crippen molar-refractivity contribution in [1.29, 1.82) is 0 Å². The van der Waals surface area contributed by atoms with Crippen LogP contribution in [0.15, 0.2) is 29.7 Å². The highest BCUT2D eigenvalue weighted by Crippen LogP contribution is 2.50. The molecule has 0 bridgehead atoms. The molecule has 1 aromatic carbocycles. The number of oxime groups is 1. The van der Waals surface area contributed by atoms with E-state index < -0.39 is 0 Å². The molecule has 2 aliphatic heterocycles. The number of fused-ring (bicyclic) bond motifs is 2. The van der Waals surface area contributed by atoms with Gasteiger partial charge in [0.15, 0.2) is 11.5 Å². The van der Waals surface area contributed by atoms with Gasteiger partial charge in [-0.1, -0.05) is 5.16 Å². The second-order valence-corrected chi connectivity index (χ2v) is 6.85. The number of rotatable bonds is 6. The summed E-state index contributed by atoms with van der Waals surface area (Å²) in [7, 11) is 3.74. The molecule has 1 N–H and O–H groups in total. The molecule has 144 valence electrons. The van der Waals surface area contributed by atoms with Crippen LogP contribution in [0, 0.1) is 0 Å².